The quantitative estimate of drug-likeness (QED) is 0.322. The predicted molar refractivity (Wildman–Crippen MR) is 149 cm³/mol. The van der Waals surface area contributed by atoms with Crippen molar-refractivity contribution in [1.82, 2.24) is 24.4 Å². The lowest BCUT2D eigenvalue weighted by molar-refractivity contribution is -0.126. The maximum Gasteiger partial charge on any atom is 0.356 e. The van der Waals surface area contributed by atoms with Crippen molar-refractivity contribution in [3.05, 3.63) is 75.5 Å². The van der Waals surface area contributed by atoms with Gasteiger partial charge in [0, 0.05) is 31.2 Å². The molecule has 1 aliphatic rings. The highest BCUT2D eigenvalue weighted by Crippen LogP contribution is 2.36. The third kappa shape index (κ3) is 4.48. The minimum Gasteiger partial charge on any atom is -0.350 e. The van der Waals surface area contributed by atoms with Crippen LogP contribution in [0.15, 0.2) is 53.3 Å². The lowest BCUT2D eigenvalue weighted by Crippen LogP contribution is -2.54. The zero-order valence-corrected chi connectivity index (χ0v) is 22.8. The largest absolute Gasteiger partial charge is 0.356 e. The standard InChI is InChI=1S/C27H26ClFN6O2S/c1-5-21(36)33-10-11-34(16(4)13-33)24-18-12-19(28)23(17-8-6-7-9-20(17)29)31-25(18)35(27(37)32-24)26-22(15(2)3)30-14-38-26/h5-9,12,14-16H,1,10-11,13H2,2-4H3/t16-/m0/s1. The minimum atomic E-state index is -0.523. The summed E-state index contributed by atoms with van der Waals surface area (Å²) in [5, 5.41) is 1.39. The number of halogens is 2. The van der Waals surface area contributed by atoms with E-state index in [4.69, 9.17) is 16.6 Å². The van der Waals surface area contributed by atoms with Crippen LogP contribution in [0.2, 0.25) is 5.02 Å². The van der Waals surface area contributed by atoms with Crippen LogP contribution in [0.4, 0.5) is 10.2 Å². The number of aromatic nitrogens is 4. The Hall–Kier alpha value is -3.63. The average molecular weight is 553 g/mol. The summed E-state index contributed by atoms with van der Waals surface area (Å²) in [7, 11) is 0. The number of benzene rings is 1. The van der Waals surface area contributed by atoms with E-state index in [1.54, 1.807) is 34.7 Å². The van der Waals surface area contributed by atoms with E-state index < -0.39 is 11.5 Å². The molecule has 4 heterocycles. The van der Waals surface area contributed by atoms with Gasteiger partial charge in [-0.2, -0.15) is 4.98 Å². The summed E-state index contributed by atoms with van der Waals surface area (Å²) >= 11 is 8.02. The van der Waals surface area contributed by atoms with E-state index in [0.29, 0.717) is 41.5 Å². The molecule has 0 aliphatic carbocycles. The molecule has 0 unspecified atom stereocenters. The number of anilines is 1. The fourth-order valence-electron chi connectivity index (χ4n) is 4.76. The predicted octanol–water partition coefficient (Wildman–Crippen LogP) is 5.04. The van der Waals surface area contributed by atoms with Crippen molar-refractivity contribution >= 4 is 45.7 Å². The fraction of sp³-hybridized carbons (Fsp3) is 0.296. The number of hydrogen-bond donors (Lipinski definition) is 0. The van der Waals surface area contributed by atoms with Crippen molar-refractivity contribution in [2.75, 3.05) is 24.5 Å². The first kappa shape index (κ1) is 26.0. The normalized spacial score (nSPS) is 15.9. The summed E-state index contributed by atoms with van der Waals surface area (Å²) in [6, 6.07) is 7.79. The molecule has 0 N–H and O–H groups in total. The Morgan fingerprint density at radius 3 is 2.71 bits per heavy atom. The summed E-state index contributed by atoms with van der Waals surface area (Å²) < 4.78 is 16.2. The summed E-state index contributed by atoms with van der Waals surface area (Å²) in [6.07, 6.45) is 1.30. The van der Waals surface area contributed by atoms with Gasteiger partial charge in [-0.3, -0.25) is 4.79 Å². The Bertz CT molecular complexity index is 1620. The number of piperazine rings is 1. The van der Waals surface area contributed by atoms with Crippen molar-refractivity contribution < 1.29 is 9.18 Å². The van der Waals surface area contributed by atoms with Crippen molar-refractivity contribution in [3.63, 3.8) is 0 Å². The van der Waals surface area contributed by atoms with Crippen LogP contribution in [0, 0.1) is 5.82 Å². The average Bonchev–Trinajstić information content (AvgIpc) is 3.38. The van der Waals surface area contributed by atoms with E-state index in [1.165, 1.54) is 28.0 Å². The number of amides is 1. The zero-order chi connectivity index (χ0) is 27.1. The first-order chi connectivity index (χ1) is 18.2. The van der Waals surface area contributed by atoms with Gasteiger partial charge in [0.25, 0.3) is 0 Å². The van der Waals surface area contributed by atoms with Gasteiger partial charge in [-0.05, 0) is 37.1 Å². The molecule has 1 saturated heterocycles. The summed E-state index contributed by atoms with van der Waals surface area (Å²) in [5.74, 6) is -0.145. The molecule has 1 fully saturated rings. The number of fused-ring (bicyclic) bond motifs is 1. The van der Waals surface area contributed by atoms with Gasteiger partial charge in [-0.15, -0.1) is 11.3 Å². The molecule has 0 bridgehead atoms. The lowest BCUT2D eigenvalue weighted by Gasteiger charge is -2.40. The van der Waals surface area contributed by atoms with E-state index in [1.807, 2.05) is 25.7 Å². The Balaban J connectivity index is 1.76. The second-order valence-electron chi connectivity index (χ2n) is 9.45. The van der Waals surface area contributed by atoms with Gasteiger partial charge < -0.3 is 9.80 Å². The smallest absolute Gasteiger partial charge is 0.350 e. The molecule has 0 spiro atoms. The zero-order valence-electron chi connectivity index (χ0n) is 21.2. The maximum absolute atomic E-state index is 14.8. The lowest BCUT2D eigenvalue weighted by atomic mass is 10.1. The van der Waals surface area contributed by atoms with Gasteiger partial charge in [-0.1, -0.05) is 44.2 Å². The molecule has 8 nitrogen and oxygen atoms in total. The number of thiazole rings is 1. The second-order valence-corrected chi connectivity index (χ2v) is 10.7. The van der Waals surface area contributed by atoms with Crippen LogP contribution in [-0.4, -0.2) is 56.0 Å². The van der Waals surface area contributed by atoms with E-state index in [2.05, 4.69) is 16.5 Å². The minimum absolute atomic E-state index is 0.0479. The van der Waals surface area contributed by atoms with Crippen LogP contribution in [0.25, 0.3) is 27.3 Å². The molecular weight excluding hydrogens is 527 g/mol. The summed E-state index contributed by atoms with van der Waals surface area (Å²) in [6.45, 7) is 10.9. The third-order valence-electron chi connectivity index (χ3n) is 6.64. The second kappa shape index (κ2) is 10.3. The Morgan fingerprint density at radius 2 is 2.03 bits per heavy atom. The Morgan fingerprint density at radius 1 is 1.26 bits per heavy atom. The highest BCUT2D eigenvalue weighted by molar-refractivity contribution is 7.12. The molecule has 38 heavy (non-hydrogen) atoms. The van der Waals surface area contributed by atoms with Crippen LogP contribution in [0.3, 0.4) is 0 Å². The topological polar surface area (TPSA) is 84.2 Å². The van der Waals surface area contributed by atoms with Crippen LogP contribution in [0.1, 0.15) is 32.4 Å². The number of rotatable bonds is 5. The van der Waals surface area contributed by atoms with Crippen molar-refractivity contribution in [2.24, 2.45) is 0 Å². The van der Waals surface area contributed by atoms with E-state index in [9.17, 15) is 14.0 Å². The van der Waals surface area contributed by atoms with Gasteiger partial charge in [0.2, 0.25) is 5.91 Å². The molecule has 0 radical (unpaired) electrons. The molecule has 11 heteroatoms. The highest BCUT2D eigenvalue weighted by Gasteiger charge is 2.30. The van der Waals surface area contributed by atoms with Gasteiger partial charge in [0.1, 0.15) is 16.6 Å². The molecule has 1 atom stereocenters. The van der Waals surface area contributed by atoms with Gasteiger partial charge in [-0.25, -0.2) is 23.7 Å². The number of carbonyl (C=O) groups excluding carboxylic acids is 1. The molecule has 3 aromatic heterocycles. The molecule has 1 aliphatic heterocycles. The Kier molecular flexibility index (Phi) is 7.02. The number of carbonyl (C=O) groups is 1. The van der Waals surface area contributed by atoms with Gasteiger partial charge >= 0.3 is 5.69 Å². The SMILES string of the molecule is C=CC(=O)N1CCN(c2nc(=O)n(-c3scnc3C(C)C)c3nc(-c4ccccc4F)c(Cl)cc23)[C@@H](C)C1. The van der Waals surface area contributed by atoms with Crippen LogP contribution < -0.4 is 10.6 Å². The van der Waals surface area contributed by atoms with Crippen LogP contribution in [0.5, 0.6) is 0 Å². The molecule has 5 rings (SSSR count). The maximum atomic E-state index is 14.8. The number of hydrogen-bond acceptors (Lipinski definition) is 7. The summed E-state index contributed by atoms with van der Waals surface area (Å²) in [4.78, 5) is 43.3. The van der Waals surface area contributed by atoms with Crippen molar-refractivity contribution in [1.29, 1.82) is 0 Å². The van der Waals surface area contributed by atoms with E-state index >= 15 is 0 Å². The number of nitrogens with zero attached hydrogens (tertiary/aromatic N) is 6. The number of pyridine rings is 1. The van der Waals surface area contributed by atoms with E-state index in [0.717, 1.165) is 5.69 Å². The highest BCUT2D eigenvalue weighted by atomic mass is 35.5. The van der Waals surface area contributed by atoms with E-state index in [-0.39, 0.29) is 34.1 Å². The monoisotopic (exact) mass is 552 g/mol. The molecule has 0 saturated carbocycles. The van der Waals surface area contributed by atoms with Crippen molar-refractivity contribution in [3.8, 4) is 16.3 Å². The first-order valence-corrected chi connectivity index (χ1v) is 13.5. The molecule has 196 valence electrons. The Labute approximate surface area is 228 Å². The van der Waals surface area contributed by atoms with Crippen LogP contribution in [-0.2, 0) is 4.79 Å². The van der Waals surface area contributed by atoms with Gasteiger partial charge in [0.15, 0.2) is 5.65 Å². The molecule has 1 amide bonds. The third-order valence-corrected chi connectivity index (χ3v) is 7.76. The van der Waals surface area contributed by atoms with Crippen LogP contribution >= 0.6 is 22.9 Å². The molecule has 4 aromatic rings. The van der Waals surface area contributed by atoms with Crippen molar-refractivity contribution in [2.45, 2.75) is 32.7 Å². The fourth-order valence-corrected chi connectivity index (χ4v) is 5.96. The first-order valence-electron chi connectivity index (χ1n) is 12.2. The molecular formula is C27H26ClFN6O2S. The summed E-state index contributed by atoms with van der Waals surface area (Å²) in [5.41, 5.74) is 2.67. The van der Waals surface area contributed by atoms with Gasteiger partial charge in [0.05, 0.1) is 27.3 Å². The molecule has 1 aromatic carbocycles.